The second-order valence-corrected chi connectivity index (χ2v) is 7.76. The number of hydrogen-bond donors (Lipinski definition) is 2. The van der Waals surface area contributed by atoms with Crippen LogP contribution in [0.1, 0.15) is 22.4 Å². The molecule has 0 aliphatic rings. The minimum Gasteiger partial charge on any atom is -0.312 e. The summed E-state index contributed by atoms with van der Waals surface area (Å²) in [7, 11) is -1.71. The van der Waals surface area contributed by atoms with Crippen molar-refractivity contribution in [2.24, 2.45) is 7.05 Å². The van der Waals surface area contributed by atoms with Crippen molar-refractivity contribution >= 4 is 21.4 Å². The molecular weight excluding hydrogens is 308 g/mol. The number of nitrogens with one attached hydrogen (secondary N) is 2. The highest BCUT2D eigenvalue weighted by atomic mass is 32.2. The van der Waals surface area contributed by atoms with Gasteiger partial charge in [-0.15, -0.1) is 11.3 Å². The van der Waals surface area contributed by atoms with Gasteiger partial charge in [0, 0.05) is 29.5 Å². The second-order valence-electron chi connectivity index (χ2n) is 4.68. The van der Waals surface area contributed by atoms with Crippen LogP contribution in [0.3, 0.4) is 0 Å². The molecular formula is C13H20N4O2S2. The molecule has 2 N–H and O–H groups in total. The van der Waals surface area contributed by atoms with E-state index in [1.54, 1.807) is 30.1 Å². The Bertz CT molecular complexity index is 704. The fourth-order valence-corrected chi connectivity index (χ4v) is 4.55. The molecule has 8 heteroatoms. The third kappa shape index (κ3) is 3.91. The van der Waals surface area contributed by atoms with Gasteiger partial charge in [0.15, 0.2) is 0 Å². The van der Waals surface area contributed by atoms with E-state index >= 15 is 0 Å². The Labute approximate surface area is 129 Å². The van der Waals surface area contributed by atoms with Gasteiger partial charge in [-0.05, 0) is 25.6 Å². The lowest BCUT2D eigenvalue weighted by Crippen LogP contribution is -2.24. The average Bonchev–Trinajstić information content (AvgIpc) is 3.00. The van der Waals surface area contributed by atoms with Crippen molar-refractivity contribution in [1.82, 2.24) is 19.8 Å². The Morgan fingerprint density at radius 3 is 2.76 bits per heavy atom. The van der Waals surface area contributed by atoms with E-state index in [2.05, 4.69) is 15.1 Å². The van der Waals surface area contributed by atoms with E-state index in [4.69, 9.17) is 0 Å². The van der Waals surface area contributed by atoms with E-state index in [-0.39, 0.29) is 6.54 Å². The lowest BCUT2D eigenvalue weighted by Gasteiger charge is -2.06. The molecule has 0 aliphatic heterocycles. The van der Waals surface area contributed by atoms with E-state index in [1.807, 2.05) is 13.8 Å². The number of aromatic nitrogens is 2. The van der Waals surface area contributed by atoms with Crippen molar-refractivity contribution in [2.45, 2.75) is 31.8 Å². The first kappa shape index (κ1) is 16.2. The van der Waals surface area contributed by atoms with Crippen LogP contribution < -0.4 is 10.0 Å². The first-order valence-electron chi connectivity index (χ1n) is 6.70. The number of thiophene rings is 1. The van der Waals surface area contributed by atoms with Crippen LogP contribution in [0.25, 0.3) is 0 Å². The van der Waals surface area contributed by atoms with Gasteiger partial charge in [0.2, 0.25) is 10.0 Å². The van der Waals surface area contributed by atoms with Crippen LogP contribution in [0.2, 0.25) is 0 Å². The Hall–Kier alpha value is -1.22. The first-order valence-corrected chi connectivity index (χ1v) is 9.00. The summed E-state index contributed by atoms with van der Waals surface area (Å²) in [4.78, 5) is 2.19. The number of nitrogens with zero attached hydrogens (tertiary/aromatic N) is 2. The van der Waals surface area contributed by atoms with E-state index in [1.165, 1.54) is 11.3 Å². The molecule has 0 amide bonds. The fraction of sp³-hybridized carbons (Fsp3) is 0.462. The summed E-state index contributed by atoms with van der Waals surface area (Å²) in [5, 5.41) is 7.22. The van der Waals surface area contributed by atoms with E-state index < -0.39 is 10.0 Å². The zero-order chi connectivity index (χ0) is 15.5. The van der Waals surface area contributed by atoms with Crippen molar-refractivity contribution in [3.05, 3.63) is 33.8 Å². The number of rotatable bonds is 7. The number of aryl methyl sites for hydroxylation is 2. The zero-order valence-corrected chi connectivity index (χ0v) is 14.0. The summed E-state index contributed by atoms with van der Waals surface area (Å²) in [6, 6.07) is 3.54. The van der Waals surface area contributed by atoms with Gasteiger partial charge in [0.05, 0.1) is 17.1 Å². The van der Waals surface area contributed by atoms with Gasteiger partial charge in [0.1, 0.15) is 0 Å². The molecule has 2 rings (SSSR count). The van der Waals surface area contributed by atoms with Crippen molar-refractivity contribution in [1.29, 1.82) is 0 Å². The van der Waals surface area contributed by atoms with Crippen LogP contribution >= 0.6 is 11.3 Å². The number of hydrogen-bond acceptors (Lipinski definition) is 5. The maximum atomic E-state index is 12.4. The SMILES string of the molecule is CCNCc1cc(S(=O)(=O)NCc2ccnn2C)c(C)s1. The van der Waals surface area contributed by atoms with Gasteiger partial charge in [-0.3, -0.25) is 4.68 Å². The molecule has 0 aromatic carbocycles. The maximum absolute atomic E-state index is 12.4. The Balaban J connectivity index is 2.12. The molecule has 21 heavy (non-hydrogen) atoms. The largest absolute Gasteiger partial charge is 0.312 e. The highest BCUT2D eigenvalue weighted by Crippen LogP contribution is 2.25. The first-order chi connectivity index (χ1) is 9.94. The molecule has 2 heterocycles. The van der Waals surface area contributed by atoms with Gasteiger partial charge in [0.25, 0.3) is 0 Å². The Kier molecular flexibility index (Phi) is 5.15. The fourth-order valence-electron chi connectivity index (χ4n) is 1.95. The molecule has 0 radical (unpaired) electrons. The molecule has 0 aliphatic carbocycles. The minimum absolute atomic E-state index is 0.233. The van der Waals surface area contributed by atoms with Gasteiger partial charge < -0.3 is 5.32 Å². The standard InChI is InChI=1S/C13H20N4O2S2/c1-4-14-9-12-7-13(10(2)20-12)21(18,19)16-8-11-5-6-15-17(11)3/h5-7,14,16H,4,8-9H2,1-3H3. The molecule has 0 saturated heterocycles. The molecule has 0 fully saturated rings. The lowest BCUT2D eigenvalue weighted by molar-refractivity contribution is 0.577. The summed E-state index contributed by atoms with van der Waals surface area (Å²) in [6.07, 6.45) is 1.65. The third-order valence-electron chi connectivity index (χ3n) is 3.13. The summed E-state index contributed by atoms with van der Waals surface area (Å²) >= 11 is 1.51. The summed E-state index contributed by atoms with van der Waals surface area (Å²) in [5.41, 5.74) is 0.819. The lowest BCUT2D eigenvalue weighted by atomic mass is 10.4. The van der Waals surface area contributed by atoms with Crippen molar-refractivity contribution in [2.75, 3.05) is 6.54 Å². The van der Waals surface area contributed by atoms with Crippen LogP contribution in [0.4, 0.5) is 0 Å². The van der Waals surface area contributed by atoms with Crippen molar-refractivity contribution in [3.8, 4) is 0 Å². The predicted octanol–water partition coefficient (Wildman–Crippen LogP) is 1.38. The predicted molar refractivity (Wildman–Crippen MR) is 83.7 cm³/mol. The molecule has 6 nitrogen and oxygen atoms in total. The quantitative estimate of drug-likeness (QED) is 0.805. The molecule has 2 aromatic rings. The maximum Gasteiger partial charge on any atom is 0.242 e. The molecule has 0 saturated carbocycles. The Morgan fingerprint density at radius 1 is 1.38 bits per heavy atom. The minimum atomic E-state index is -3.50. The van der Waals surface area contributed by atoms with Crippen LogP contribution in [-0.4, -0.2) is 24.7 Å². The third-order valence-corrected chi connectivity index (χ3v) is 5.83. The summed E-state index contributed by atoms with van der Waals surface area (Å²) in [5.74, 6) is 0. The van der Waals surface area contributed by atoms with Crippen molar-refractivity contribution in [3.63, 3.8) is 0 Å². The summed E-state index contributed by atoms with van der Waals surface area (Å²) in [6.45, 7) is 5.64. The monoisotopic (exact) mass is 328 g/mol. The van der Waals surface area contributed by atoms with Crippen LogP contribution in [0.15, 0.2) is 23.2 Å². The highest BCUT2D eigenvalue weighted by Gasteiger charge is 2.20. The molecule has 2 aromatic heterocycles. The van der Waals surface area contributed by atoms with Crippen molar-refractivity contribution < 1.29 is 8.42 Å². The van der Waals surface area contributed by atoms with Crippen LogP contribution in [-0.2, 0) is 30.2 Å². The molecule has 0 unspecified atom stereocenters. The van der Waals surface area contributed by atoms with Gasteiger partial charge in [-0.2, -0.15) is 5.10 Å². The number of sulfonamides is 1. The summed E-state index contributed by atoms with van der Waals surface area (Å²) < 4.78 is 29.1. The molecule has 0 atom stereocenters. The Morgan fingerprint density at radius 2 is 2.14 bits per heavy atom. The molecule has 0 spiro atoms. The second kappa shape index (κ2) is 6.69. The van der Waals surface area contributed by atoms with Crippen LogP contribution in [0, 0.1) is 6.92 Å². The molecule has 0 bridgehead atoms. The average molecular weight is 328 g/mol. The smallest absolute Gasteiger partial charge is 0.242 e. The van der Waals surface area contributed by atoms with Gasteiger partial charge in [-0.1, -0.05) is 6.92 Å². The van der Waals surface area contributed by atoms with Crippen LogP contribution in [0.5, 0.6) is 0 Å². The normalized spacial score (nSPS) is 12.0. The zero-order valence-electron chi connectivity index (χ0n) is 12.4. The van der Waals surface area contributed by atoms with E-state index in [9.17, 15) is 8.42 Å². The topological polar surface area (TPSA) is 76.0 Å². The molecule has 116 valence electrons. The van der Waals surface area contributed by atoms with Gasteiger partial charge in [-0.25, -0.2) is 13.1 Å². The van der Waals surface area contributed by atoms with E-state index in [0.717, 1.165) is 22.0 Å². The highest BCUT2D eigenvalue weighted by molar-refractivity contribution is 7.89. The van der Waals surface area contributed by atoms with Gasteiger partial charge >= 0.3 is 0 Å². The van der Waals surface area contributed by atoms with E-state index in [0.29, 0.717) is 11.4 Å².